The fourth-order valence-electron chi connectivity index (χ4n) is 2.80. The fourth-order valence-corrected chi connectivity index (χ4v) is 4.57. The first kappa shape index (κ1) is 22.2. The molecule has 3 aromatic rings. The Morgan fingerprint density at radius 1 is 0.967 bits per heavy atom. The highest BCUT2D eigenvalue weighted by atomic mass is 35.5. The molecule has 0 saturated heterocycles. The van der Waals surface area contributed by atoms with Crippen LogP contribution in [0.1, 0.15) is 27.0 Å². The second-order valence-electron chi connectivity index (χ2n) is 6.81. The number of carbonyl (C=O) groups excluding carboxylic acids is 1. The van der Waals surface area contributed by atoms with Gasteiger partial charge in [-0.1, -0.05) is 47.5 Å². The molecule has 0 spiro atoms. The number of carbonyl (C=O) groups is 1. The lowest BCUT2D eigenvalue weighted by Crippen LogP contribution is -2.23. The molecule has 0 aliphatic rings. The molecule has 0 aliphatic carbocycles. The van der Waals surface area contributed by atoms with E-state index >= 15 is 0 Å². The number of amides is 1. The number of hydrogen-bond acceptors (Lipinski definition) is 3. The lowest BCUT2D eigenvalue weighted by atomic mass is 10.1. The van der Waals surface area contributed by atoms with Crippen LogP contribution in [-0.2, 0) is 16.6 Å². The van der Waals surface area contributed by atoms with E-state index in [4.69, 9.17) is 23.2 Å². The van der Waals surface area contributed by atoms with Gasteiger partial charge in [-0.25, -0.2) is 8.42 Å². The van der Waals surface area contributed by atoms with Crippen molar-refractivity contribution < 1.29 is 13.2 Å². The summed E-state index contributed by atoms with van der Waals surface area (Å²) in [6, 6.07) is 16.6. The maximum absolute atomic E-state index is 12.9. The summed E-state index contributed by atoms with van der Waals surface area (Å²) in [5, 5.41) is 3.39. The van der Waals surface area contributed by atoms with Gasteiger partial charge in [0.2, 0.25) is 0 Å². The number of rotatable bonds is 6. The van der Waals surface area contributed by atoms with E-state index in [1.165, 1.54) is 18.2 Å². The number of anilines is 1. The van der Waals surface area contributed by atoms with Crippen molar-refractivity contribution in [1.82, 2.24) is 5.32 Å². The van der Waals surface area contributed by atoms with E-state index in [1.807, 2.05) is 19.9 Å². The Morgan fingerprint density at radius 3 is 2.37 bits per heavy atom. The van der Waals surface area contributed by atoms with Crippen LogP contribution >= 0.6 is 23.2 Å². The molecule has 0 bridgehead atoms. The molecule has 0 aromatic heterocycles. The first-order chi connectivity index (χ1) is 14.2. The zero-order valence-corrected chi connectivity index (χ0v) is 18.7. The predicted octanol–water partition coefficient (Wildman–Crippen LogP) is 5.34. The van der Waals surface area contributed by atoms with E-state index in [9.17, 15) is 13.2 Å². The van der Waals surface area contributed by atoms with Crippen molar-refractivity contribution in [2.45, 2.75) is 25.3 Å². The van der Waals surface area contributed by atoms with Crippen LogP contribution in [-0.4, -0.2) is 14.3 Å². The molecule has 0 aliphatic heterocycles. The van der Waals surface area contributed by atoms with Crippen molar-refractivity contribution in [3.05, 3.63) is 93.0 Å². The Morgan fingerprint density at radius 2 is 1.67 bits per heavy atom. The van der Waals surface area contributed by atoms with Gasteiger partial charge in [-0.2, -0.15) is 0 Å². The van der Waals surface area contributed by atoms with Crippen molar-refractivity contribution in [1.29, 1.82) is 0 Å². The average molecular weight is 463 g/mol. The van der Waals surface area contributed by atoms with Crippen LogP contribution in [0.5, 0.6) is 0 Å². The lowest BCUT2D eigenvalue weighted by molar-refractivity contribution is 0.0950. The molecule has 0 unspecified atom stereocenters. The molecular formula is C22H20Cl2N2O3S. The van der Waals surface area contributed by atoms with E-state index < -0.39 is 15.9 Å². The summed E-state index contributed by atoms with van der Waals surface area (Å²) in [6.07, 6.45) is 0. The van der Waals surface area contributed by atoms with E-state index in [0.717, 1.165) is 16.7 Å². The van der Waals surface area contributed by atoms with Gasteiger partial charge in [0.25, 0.3) is 15.9 Å². The average Bonchev–Trinajstić information content (AvgIpc) is 2.71. The molecule has 0 saturated carbocycles. The van der Waals surface area contributed by atoms with Gasteiger partial charge >= 0.3 is 0 Å². The van der Waals surface area contributed by atoms with Crippen LogP contribution in [0, 0.1) is 13.8 Å². The smallest absolute Gasteiger partial charge is 0.263 e. The fraction of sp³-hybridized carbons (Fsp3) is 0.136. The number of halogens is 2. The normalized spacial score (nSPS) is 11.2. The number of benzene rings is 3. The monoisotopic (exact) mass is 462 g/mol. The molecule has 0 radical (unpaired) electrons. The predicted molar refractivity (Wildman–Crippen MR) is 121 cm³/mol. The Hall–Kier alpha value is -2.54. The summed E-state index contributed by atoms with van der Waals surface area (Å²) in [4.78, 5) is 12.4. The molecule has 0 heterocycles. The van der Waals surface area contributed by atoms with Crippen LogP contribution in [0.3, 0.4) is 0 Å². The SMILES string of the molecule is Cc1cccc(NS(=O)(=O)c2cc(C(=O)NCc3ccc(Cl)cc3)ccc2Cl)c1C. The standard InChI is InChI=1S/C22H20Cl2N2O3S/c1-14-4-3-5-20(15(14)2)26-30(28,29)21-12-17(8-11-19(21)24)22(27)25-13-16-6-9-18(23)10-7-16/h3-12,26H,13H2,1-2H3,(H,25,27). The molecule has 2 N–H and O–H groups in total. The lowest BCUT2D eigenvalue weighted by Gasteiger charge is -2.14. The van der Waals surface area contributed by atoms with E-state index in [2.05, 4.69) is 10.0 Å². The summed E-state index contributed by atoms with van der Waals surface area (Å²) >= 11 is 12.0. The maximum Gasteiger partial charge on any atom is 0.263 e. The highest BCUT2D eigenvalue weighted by Gasteiger charge is 2.21. The van der Waals surface area contributed by atoms with E-state index in [-0.39, 0.29) is 22.0 Å². The Bertz CT molecular complexity index is 1190. The highest BCUT2D eigenvalue weighted by molar-refractivity contribution is 7.92. The molecule has 156 valence electrons. The number of aryl methyl sites for hydroxylation is 1. The minimum absolute atomic E-state index is 0.0297. The van der Waals surface area contributed by atoms with Crippen molar-refractivity contribution in [2.24, 2.45) is 0 Å². The topological polar surface area (TPSA) is 75.3 Å². The molecule has 3 aromatic carbocycles. The Labute approximate surface area is 186 Å². The summed E-state index contributed by atoms with van der Waals surface area (Å²) < 4.78 is 28.4. The van der Waals surface area contributed by atoms with Crippen LogP contribution < -0.4 is 10.0 Å². The van der Waals surface area contributed by atoms with Crippen molar-refractivity contribution in [3.8, 4) is 0 Å². The first-order valence-electron chi connectivity index (χ1n) is 9.08. The van der Waals surface area contributed by atoms with Gasteiger partial charge in [0.05, 0.1) is 10.7 Å². The number of sulfonamides is 1. The summed E-state index contributed by atoms with van der Waals surface area (Å²) in [5.74, 6) is -0.412. The van der Waals surface area contributed by atoms with Gasteiger partial charge in [0.15, 0.2) is 0 Å². The molecule has 3 rings (SSSR count). The molecule has 5 nitrogen and oxygen atoms in total. The number of hydrogen-bond donors (Lipinski definition) is 2. The quantitative estimate of drug-likeness (QED) is 0.518. The molecule has 0 fully saturated rings. The largest absolute Gasteiger partial charge is 0.348 e. The van der Waals surface area contributed by atoms with Gasteiger partial charge in [0, 0.05) is 17.1 Å². The van der Waals surface area contributed by atoms with Crippen molar-refractivity contribution in [3.63, 3.8) is 0 Å². The third-order valence-electron chi connectivity index (χ3n) is 4.70. The second kappa shape index (κ2) is 9.08. The van der Waals surface area contributed by atoms with Crippen LogP contribution in [0.25, 0.3) is 0 Å². The summed E-state index contributed by atoms with van der Waals surface area (Å²) in [6.45, 7) is 4.00. The molecular weight excluding hydrogens is 443 g/mol. The van der Waals surface area contributed by atoms with E-state index in [1.54, 1.807) is 36.4 Å². The molecule has 8 heteroatoms. The Kier molecular flexibility index (Phi) is 6.71. The van der Waals surface area contributed by atoms with E-state index in [0.29, 0.717) is 10.7 Å². The van der Waals surface area contributed by atoms with Crippen LogP contribution in [0.2, 0.25) is 10.0 Å². The zero-order chi connectivity index (χ0) is 21.9. The minimum atomic E-state index is -3.99. The molecule has 0 atom stereocenters. The van der Waals surface area contributed by atoms with Crippen LogP contribution in [0.15, 0.2) is 65.6 Å². The first-order valence-corrected chi connectivity index (χ1v) is 11.3. The zero-order valence-electron chi connectivity index (χ0n) is 16.4. The molecule has 30 heavy (non-hydrogen) atoms. The van der Waals surface area contributed by atoms with Crippen molar-refractivity contribution >= 4 is 44.8 Å². The van der Waals surface area contributed by atoms with Gasteiger partial charge in [-0.3, -0.25) is 9.52 Å². The second-order valence-corrected chi connectivity index (χ2v) is 9.30. The Balaban J connectivity index is 1.82. The minimum Gasteiger partial charge on any atom is -0.348 e. The van der Waals surface area contributed by atoms with Gasteiger partial charge in [-0.15, -0.1) is 0 Å². The third kappa shape index (κ3) is 5.14. The van der Waals surface area contributed by atoms with Gasteiger partial charge in [0.1, 0.15) is 4.90 Å². The third-order valence-corrected chi connectivity index (χ3v) is 6.80. The highest BCUT2D eigenvalue weighted by Crippen LogP contribution is 2.27. The van der Waals surface area contributed by atoms with Crippen LogP contribution in [0.4, 0.5) is 5.69 Å². The maximum atomic E-state index is 12.9. The van der Waals surface area contributed by atoms with Crippen molar-refractivity contribution in [2.75, 3.05) is 4.72 Å². The summed E-state index contributed by atoms with van der Waals surface area (Å²) in [7, 11) is -3.99. The number of nitrogens with one attached hydrogen (secondary N) is 2. The van der Waals surface area contributed by atoms with Gasteiger partial charge in [-0.05, 0) is 66.9 Å². The molecule has 1 amide bonds. The summed E-state index contributed by atoms with van der Waals surface area (Å²) in [5.41, 5.74) is 3.29. The van der Waals surface area contributed by atoms with Gasteiger partial charge < -0.3 is 5.32 Å².